The predicted octanol–water partition coefficient (Wildman–Crippen LogP) is 6.47. The number of benzene rings is 1. The van der Waals surface area contributed by atoms with Gasteiger partial charge in [-0.1, -0.05) is 45.4 Å². The van der Waals surface area contributed by atoms with Crippen molar-refractivity contribution < 1.29 is 19.4 Å². The Morgan fingerprint density at radius 2 is 1.92 bits per heavy atom. The molecule has 0 saturated heterocycles. The molecule has 1 aliphatic rings. The second kappa shape index (κ2) is 12.6. The van der Waals surface area contributed by atoms with Gasteiger partial charge in [-0.05, 0) is 70.3 Å². The average Bonchev–Trinajstić information content (AvgIpc) is 3.23. The molecule has 1 aromatic heterocycles. The van der Waals surface area contributed by atoms with E-state index in [1.165, 1.54) is 5.57 Å². The van der Waals surface area contributed by atoms with Crippen LogP contribution in [0.4, 0.5) is 0 Å². The minimum absolute atomic E-state index is 0.00174. The molecule has 204 valence electrons. The number of Topliss-reactive ketones (excluding diaryl/α,β-unsaturated/α-hetero) is 1. The fraction of sp³-hybridized carbons (Fsp3) is 0.633. The van der Waals surface area contributed by atoms with E-state index in [1.54, 1.807) is 11.3 Å². The first-order valence-corrected chi connectivity index (χ1v) is 14.3. The minimum Gasteiger partial charge on any atom is -0.457 e. The zero-order chi connectivity index (χ0) is 27.3. The van der Waals surface area contributed by atoms with Gasteiger partial charge in [0.15, 0.2) is 0 Å². The van der Waals surface area contributed by atoms with Crippen LogP contribution in [0.5, 0.6) is 0 Å². The highest BCUT2D eigenvalue weighted by Gasteiger charge is 2.37. The molecule has 0 amide bonds. The summed E-state index contributed by atoms with van der Waals surface area (Å²) in [4.78, 5) is 33.1. The van der Waals surface area contributed by atoms with Crippen molar-refractivity contribution in [2.75, 3.05) is 14.1 Å². The Kier molecular flexibility index (Phi) is 10.1. The summed E-state index contributed by atoms with van der Waals surface area (Å²) in [6.07, 6.45) is 4.92. The van der Waals surface area contributed by atoms with E-state index < -0.39 is 23.5 Å². The number of ether oxygens (including phenoxy) is 1. The number of fused-ring (bicyclic) bond motifs is 1. The zero-order valence-corrected chi connectivity index (χ0v) is 24.4. The summed E-state index contributed by atoms with van der Waals surface area (Å²) in [6, 6.07) is 6.15. The number of ketones is 1. The van der Waals surface area contributed by atoms with Crippen LogP contribution in [0, 0.1) is 17.3 Å². The number of rotatable bonds is 3. The molecule has 2 heterocycles. The van der Waals surface area contributed by atoms with Crippen LogP contribution in [0.3, 0.4) is 0 Å². The number of aliphatic hydroxyl groups is 1. The highest BCUT2D eigenvalue weighted by Crippen LogP contribution is 2.34. The van der Waals surface area contributed by atoms with Crippen molar-refractivity contribution in [2.45, 2.75) is 91.9 Å². The largest absolute Gasteiger partial charge is 0.457 e. The first-order valence-electron chi connectivity index (χ1n) is 13.5. The minimum atomic E-state index is -0.718. The normalized spacial score (nSPS) is 28.2. The van der Waals surface area contributed by atoms with Gasteiger partial charge in [0.2, 0.25) is 0 Å². The number of thiazole rings is 1. The van der Waals surface area contributed by atoms with E-state index in [0.29, 0.717) is 12.8 Å². The van der Waals surface area contributed by atoms with Crippen LogP contribution in [0.1, 0.15) is 89.8 Å². The maximum atomic E-state index is 13.2. The lowest BCUT2D eigenvalue weighted by atomic mass is 9.74. The van der Waals surface area contributed by atoms with Gasteiger partial charge in [0.05, 0.1) is 16.3 Å². The van der Waals surface area contributed by atoms with Gasteiger partial charge in [-0.2, -0.15) is 0 Å². The fourth-order valence-electron chi connectivity index (χ4n) is 5.09. The molecule has 1 aliphatic heterocycles. The van der Waals surface area contributed by atoms with Crippen LogP contribution in [0.2, 0.25) is 0 Å². The molecule has 37 heavy (non-hydrogen) atoms. The molecular formula is C30H44N2O4S. The van der Waals surface area contributed by atoms with Crippen LogP contribution in [0.25, 0.3) is 10.2 Å². The first-order chi connectivity index (χ1) is 17.4. The zero-order valence-electron chi connectivity index (χ0n) is 23.5. The number of aromatic nitrogens is 1. The van der Waals surface area contributed by atoms with E-state index in [-0.39, 0.29) is 24.1 Å². The van der Waals surface area contributed by atoms with Crippen LogP contribution in [-0.2, 0) is 20.9 Å². The summed E-state index contributed by atoms with van der Waals surface area (Å²) in [5, 5.41) is 11.9. The molecule has 4 atom stereocenters. The topological polar surface area (TPSA) is 79.7 Å². The summed E-state index contributed by atoms with van der Waals surface area (Å²) < 4.78 is 7.15. The summed E-state index contributed by atoms with van der Waals surface area (Å²) in [5.41, 5.74) is 2.39. The van der Waals surface area contributed by atoms with E-state index in [9.17, 15) is 14.7 Å². The number of carbonyl (C=O) groups excluding carboxylic acids is 2. The fourth-order valence-corrected chi connectivity index (χ4v) is 6.15. The lowest BCUT2D eigenvalue weighted by molar-refractivity contribution is -0.150. The lowest BCUT2D eigenvalue weighted by Crippen LogP contribution is -2.39. The van der Waals surface area contributed by atoms with Crippen molar-refractivity contribution in [2.24, 2.45) is 17.3 Å². The van der Waals surface area contributed by atoms with E-state index in [1.807, 2.05) is 53.9 Å². The molecule has 1 N–H and O–H groups in total. The van der Waals surface area contributed by atoms with Crippen LogP contribution < -0.4 is 0 Å². The summed E-state index contributed by atoms with van der Waals surface area (Å²) in [6.45, 7) is 10.5. The van der Waals surface area contributed by atoms with Gasteiger partial charge in [0.1, 0.15) is 16.9 Å². The molecule has 6 nitrogen and oxygen atoms in total. The van der Waals surface area contributed by atoms with E-state index >= 15 is 0 Å². The van der Waals surface area contributed by atoms with E-state index in [4.69, 9.17) is 9.72 Å². The monoisotopic (exact) mass is 528 g/mol. The van der Waals surface area contributed by atoms with Gasteiger partial charge in [-0.15, -0.1) is 11.3 Å². The van der Waals surface area contributed by atoms with Crippen LogP contribution >= 0.6 is 11.3 Å². The predicted molar refractivity (Wildman–Crippen MR) is 150 cm³/mol. The smallest absolute Gasteiger partial charge is 0.306 e. The Morgan fingerprint density at radius 1 is 1.19 bits per heavy atom. The number of hydrogen-bond donors (Lipinski definition) is 1. The maximum absolute atomic E-state index is 13.2. The number of nitrogens with zero attached hydrogens (tertiary/aromatic N) is 2. The SMILES string of the molecule is C/C1=C/CC(c2ccc3sc(CN(C)C)nc3c2)OC(=O)CCC(C)(C)C(=O)[C@H](C)C(O)[C@@H](C)CCC1. The van der Waals surface area contributed by atoms with Crippen molar-refractivity contribution in [3.63, 3.8) is 0 Å². The molecule has 0 spiro atoms. The van der Waals surface area contributed by atoms with Gasteiger partial charge in [0, 0.05) is 30.7 Å². The van der Waals surface area contributed by atoms with Gasteiger partial charge in [0.25, 0.3) is 0 Å². The quantitative estimate of drug-likeness (QED) is 0.363. The van der Waals surface area contributed by atoms with Crippen molar-refractivity contribution >= 4 is 33.3 Å². The highest BCUT2D eigenvalue weighted by molar-refractivity contribution is 7.18. The van der Waals surface area contributed by atoms with Crippen molar-refractivity contribution in [1.82, 2.24) is 9.88 Å². The number of carbonyl (C=O) groups is 2. The Balaban J connectivity index is 1.87. The third kappa shape index (κ3) is 7.95. The second-order valence-electron chi connectivity index (χ2n) is 11.7. The highest BCUT2D eigenvalue weighted by atomic mass is 32.1. The van der Waals surface area contributed by atoms with E-state index in [2.05, 4.69) is 24.0 Å². The molecule has 0 bridgehead atoms. The van der Waals surface area contributed by atoms with Gasteiger partial charge < -0.3 is 14.7 Å². The summed E-state index contributed by atoms with van der Waals surface area (Å²) in [5.74, 6) is -0.741. The standard InChI is InChI=1S/C30H44N2O4S/c1-19-9-8-10-20(2)28(34)21(3)29(35)30(4,5)16-15-27(33)36-24(13-11-19)22-12-14-25-23(17-22)31-26(37-25)18-32(6)7/h11-12,14,17,20-21,24,28,34H,8-10,13,15-16,18H2,1-7H3/b19-11-/t20-,21+,24?,28?/m0/s1. The van der Waals surface area contributed by atoms with Crippen molar-refractivity contribution in [3.05, 3.63) is 40.4 Å². The van der Waals surface area contributed by atoms with Crippen molar-refractivity contribution in [1.29, 1.82) is 0 Å². The number of allylic oxidation sites excluding steroid dienone is 1. The Labute approximate surface area is 226 Å². The molecule has 1 aromatic carbocycles. The molecule has 0 radical (unpaired) electrons. The van der Waals surface area contributed by atoms with Gasteiger partial charge >= 0.3 is 5.97 Å². The number of cyclic esters (lactones) is 1. The van der Waals surface area contributed by atoms with Crippen molar-refractivity contribution in [3.8, 4) is 0 Å². The first kappa shape index (κ1) is 29.5. The van der Waals surface area contributed by atoms with Crippen LogP contribution in [-0.4, -0.2) is 46.9 Å². The van der Waals surface area contributed by atoms with E-state index in [0.717, 1.165) is 46.6 Å². The summed E-state index contributed by atoms with van der Waals surface area (Å²) >= 11 is 1.69. The molecule has 7 heteroatoms. The second-order valence-corrected chi connectivity index (χ2v) is 12.8. The Bertz CT molecular complexity index is 1120. The molecule has 0 aliphatic carbocycles. The molecule has 3 rings (SSSR count). The Morgan fingerprint density at radius 3 is 2.62 bits per heavy atom. The lowest BCUT2D eigenvalue weighted by Gasteiger charge is -2.31. The number of aliphatic hydroxyl groups excluding tert-OH is 1. The molecule has 0 fully saturated rings. The molecule has 2 unspecified atom stereocenters. The van der Waals surface area contributed by atoms with Gasteiger partial charge in [-0.3, -0.25) is 9.59 Å². The van der Waals surface area contributed by atoms with Gasteiger partial charge in [-0.25, -0.2) is 4.98 Å². The molecular weight excluding hydrogens is 484 g/mol. The van der Waals surface area contributed by atoms with Crippen LogP contribution in [0.15, 0.2) is 29.8 Å². The molecule has 2 aromatic rings. The Hall–Kier alpha value is -2.09. The molecule has 0 saturated carbocycles. The number of hydrogen-bond acceptors (Lipinski definition) is 7. The third-order valence-electron chi connectivity index (χ3n) is 7.59. The average molecular weight is 529 g/mol. The third-order valence-corrected chi connectivity index (χ3v) is 8.62. The maximum Gasteiger partial charge on any atom is 0.306 e. The number of esters is 1. The summed E-state index contributed by atoms with van der Waals surface area (Å²) in [7, 11) is 4.06.